The lowest BCUT2D eigenvalue weighted by molar-refractivity contribution is 0.803. The molecule has 0 bridgehead atoms. The summed E-state index contributed by atoms with van der Waals surface area (Å²) in [5.41, 5.74) is 6.55. The second-order valence-corrected chi connectivity index (χ2v) is 2.38. The molecule has 0 aliphatic rings. The number of hydrogen-bond acceptors (Lipinski definition) is 4. The second-order valence-electron chi connectivity index (χ2n) is 2.38. The van der Waals surface area contributed by atoms with Crippen molar-refractivity contribution in [3.05, 3.63) is 18.0 Å². The summed E-state index contributed by atoms with van der Waals surface area (Å²) >= 11 is 0. The Morgan fingerprint density at radius 3 is 2.36 bits per heavy atom. The minimum Gasteiger partial charge on any atom is -0.357 e. The third-order valence-corrected chi connectivity index (χ3v) is 1.42. The maximum Gasteiger partial charge on any atom is 0.222 e. The molecule has 0 aromatic carbocycles. The molecule has 1 rings (SSSR count). The van der Waals surface area contributed by atoms with Crippen LogP contribution in [0.15, 0.2) is 12.4 Å². The van der Waals surface area contributed by atoms with Crippen LogP contribution in [0.1, 0.15) is 18.5 Å². The average Bonchev–Trinajstić information content (AvgIpc) is 2.05. The van der Waals surface area contributed by atoms with Gasteiger partial charge in [0.15, 0.2) is 0 Å². The molecule has 60 valence electrons. The van der Waals surface area contributed by atoms with E-state index in [1.54, 1.807) is 19.4 Å². The molecule has 0 radical (unpaired) electrons. The monoisotopic (exact) mass is 152 g/mol. The predicted molar refractivity (Wildman–Crippen MR) is 44.2 cm³/mol. The van der Waals surface area contributed by atoms with Gasteiger partial charge in [-0.25, -0.2) is 9.97 Å². The predicted octanol–water partition coefficient (Wildman–Crippen LogP) is 0.538. The zero-order valence-electron chi connectivity index (χ0n) is 6.70. The Bertz CT molecular complexity index is 216. The van der Waals surface area contributed by atoms with Gasteiger partial charge in [0.25, 0.3) is 0 Å². The summed E-state index contributed by atoms with van der Waals surface area (Å²) < 4.78 is 0. The normalized spacial score (nSPS) is 12.6. The topological polar surface area (TPSA) is 63.8 Å². The zero-order chi connectivity index (χ0) is 8.27. The van der Waals surface area contributed by atoms with Gasteiger partial charge in [-0.3, -0.25) is 0 Å². The Hall–Kier alpha value is -1.16. The van der Waals surface area contributed by atoms with Gasteiger partial charge >= 0.3 is 0 Å². The summed E-state index contributed by atoms with van der Waals surface area (Å²) in [5.74, 6) is 0.620. The average molecular weight is 152 g/mol. The van der Waals surface area contributed by atoms with Gasteiger partial charge in [0, 0.05) is 31.0 Å². The zero-order valence-corrected chi connectivity index (χ0v) is 6.70. The highest BCUT2D eigenvalue weighted by Gasteiger charge is 1.99. The van der Waals surface area contributed by atoms with Crippen LogP contribution in [0.4, 0.5) is 5.95 Å². The van der Waals surface area contributed by atoms with Gasteiger partial charge in [-0.1, -0.05) is 0 Å². The molecule has 0 spiro atoms. The Labute approximate surface area is 65.9 Å². The fourth-order valence-electron chi connectivity index (χ4n) is 0.702. The van der Waals surface area contributed by atoms with Gasteiger partial charge in [-0.05, 0) is 6.92 Å². The van der Waals surface area contributed by atoms with E-state index in [1.807, 2.05) is 6.92 Å². The van der Waals surface area contributed by atoms with Crippen molar-refractivity contribution in [2.24, 2.45) is 5.73 Å². The molecule has 1 aromatic heterocycles. The standard InChI is InChI=1S/C7H12N4/c1-5(8)6-3-10-7(9-2)11-4-6/h3-5H,8H2,1-2H3,(H,9,10,11). The van der Waals surface area contributed by atoms with Crippen molar-refractivity contribution in [1.82, 2.24) is 9.97 Å². The molecule has 0 fully saturated rings. The number of anilines is 1. The third kappa shape index (κ3) is 1.88. The van der Waals surface area contributed by atoms with Crippen molar-refractivity contribution < 1.29 is 0 Å². The van der Waals surface area contributed by atoms with Gasteiger partial charge in [-0.2, -0.15) is 0 Å². The quantitative estimate of drug-likeness (QED) is 0.649. The Balaban J connectivity index is 2.83. The number of aromatic nitrogens is 2. The first-order valence-electron chi connectivity index (χ1n) is 3.49. The van der Waals surface area contributed by atoms with E-state index >= 15 is 0 Å². The summed E-state index contributed by atoms with van der Waals surface area (Å²) in [6, 6.07) is 0.000839. The minimum atomic E-state index is 0.000839. The van der Waals surface area contributed by atoms with E-state index in [0.717, 1.165) is 5.56 Å². The molecular weight excluding hydrogens is 140 g/mol. The molecule has 1 aromatic rings. The maximum atomic E-state index is 5.60. The summed E-state index contributed by atoms with van der Waals surface area (Å²) in [4.78, 5) is 8.03. The van der Waals surface area contributed by atoms with Crippen LogP contribution in [-0.2, 0) is 0 Å². The van der Waals surface area contributed by atoms with Crippen LogP contribution in [0.5, 0.6) is 0 Å². The molecule has 4 nitrogen and oxygen atoms in total. The third-order valence-electron chi connectivity index (χ3n) is 1.42. The molecule has 0 amide bonds. The van der Waals surface area contributed by atoms with Gasteiger partial charge < -0.3 is 11.1 Å². The Morgan fingerprint density at radius 2 is 2.00 bits per heavy atom. The number of nitrogens with zero attached hydrogens (tertiary/aromatic N) is 2. The second kappa shape index (κ2) is 3.30. The van der Waals surface area contributed by atoms with Crippen LogP contribution in [0.25, 0.3) is 0 Å². The van der Waals surface area contributed by atoms with Crippen molar-refractivity contribution in [1.29, 1.82) is 0 Å². The van der Waals surface area contributed by atoms with E-state index in [0.29, 0.717) is 5.95 Å². The fraction of sp³-hybridized carbons (Fsp3) is 0.429. The molecular formula is C7H12N4. The van der Waals surface area contributed by atoms with Gasteiger partial charge in [0.2, 0.25) is 5.95 Å². The van der Waals surface area contributed by atoms with Gasteiger partial charge in [0.1, 0.15) is 0 Å². The Kier molecular flexibility index (Phi) is 2.38. The van der Waals surface area contributed by atoms with Crippen molar-refractivity contribution in [2.75, 3.05) is 12.4 Å². The summed E-state index contributed by atoms with van der Waals surface area (Å²) in [5, 5.41) is 2.83. The van der Waals surface area contributed by atoms with Crippen molar-refractivity contribution in [3.63, 3.8) is 0 Å². The van der Waals surface area contributed by atoms with Crippen LogP contribution in [0.2, 0.25) is 0 Å². The molecule has 1 unspecified atom stereocenters. The number of nitrogens with two attached hydrogens (primary N) is 1. The van der Waals surface area contributed by atoms with Crippen molar-refractivity contribution >= 4 is 5.95 Å². The highest BCUT2D eigenvalue weighted by atomic mass is 15.1. The fourth-order valence-corrected chi connectivity index (χ4v) is 0.702. The molecule has 11 heavy (non-hydrogen) atoms. The van der Waals surface area contributed by atoms with E-state index in [9.17, 15) is 0 Å². The first-order valence-corrected chi connectivity index (χ1v) is 3.49. The molecule has 0 saturated heterocycles. The Morgan fingerprint density at radius 1 is 1.45 bits per heavy atom. The van der Waals surface area contributed by atoms with Gasteiger partial charge in [0.05, 0.1) is 0 Å². The van der Waals surface area contributed by atoms with Crippen LogP contribution in [0, 0.1) is 0 Å². The lowest BCUT2D eigenvalue weighted by Gasteiger charge is -2.03. The molecule has 1 atom stereocenters. The number of nitrogens with one attached hydrogen (secondary N) is 1. The molecule has 0 aliphatic heterocycles. The largest absolute Gasteiger partial charge is 0.357 e. The highest BCUT2D eigenvalue weighted by molar-refractivity contribution is 5.23. The van der Waals surface area contributed by atoms with Crippen LogP contribution in [0.3, 0.4) is 0 Å². The SMILES string of the molecule is CNc1ncc(C(C)N)cn1. The van der Waals surface area contributed by atoms with E-state index in [4.69, 9.17) is 5.73 Å². The number of rotatable bonds is 2. The van der Waals surface area contributed by atoms with Crippen LogP contribution >= 0.6 is 0 Å². The lowest BCUT2D eigenvalue weighted by atomic mass is 10.2. The molecule has 0 aliphatic carbocycles. The first kappa shape index (κ1) is 7.94. The van der Waals surface area contributed by atoms with E-state index in [-0.39, 0.29) is 6.04 Å². The molecule has 1 heterocycles. The highest BCUT2D eigenvalue weighted by Crippen LogP contribution is 2.06. The van der Waals surface area contributed by atoms with E-state index < -0.39 is 0 Å². The minimum absolute atomic E-state index is 0.000839. The van der Waals surface area contributed by atoms with Gasteiger partial charge in [-0.15, -0.1) is 0 Å². The van der Waals surface area contributed by atoms with Crippen LogP contribution < -0.4 is 11.1 Å². The summed E-state index contributed by atoms with van der Waals surface area (Å²) in [7, 11) is 1.78. The van der Waals surface area contributed by atoms with Crippen molar-refractivity contribution in [2.45, 2.75) is 13.0 Å². The first-order chi connectivity index (χ1) is 5.24. The van der Waals surface area contributed by atoms with E-state index in [2.05, 4.69) is 15.3 Å². The smallest absolute Gasteiger partial charge is 0.222 e. The van der Waals surface area contributed by atoms with Crippen molar-refractivity contribution in [3.8, 4) is 0 Å². The molecule has 3 N–H and O–H groups in total. The molecule has 0 saturated carbocycles. The lowest BCUT2D eigenvalue weighted by Crippen LogP contribution is -2.06. The molecule has 4 heteroatoms. The number of hydrogen-bond donors (Lipinski definition) is 2. The summed E-state index contributed by atoms with van der Waals surface area (Å²) in [6.45, 7) is 1.90. The summed E-state index contributed by atoms with van der Waals surface area (Å²) in [6.07, 6.45) is 3.45. The van der Waals surface area contributed by atoms with E-state index in [1.165, 1.54) is 0 Å². The maximum absolute atomic E-state index is 5.60. The van der Waals surface area contributed by atoms with Crippen LogP contribution in [-0.4, -0.2) is 17.0 Å².